The van der Waals surface area contributed by atoms with Crippen molar-refractivity contribution in [3.63, 3.8) is 0 Å². The van der Waals surface area contributed by atoms with Crippen molar-refractivity contribution in [2.24, 2.45) is 0 Å². The lowest BCUT2D eigenvalue weighted by Gasteiger charge is -2.09. The van der Waals surface area contributed by atoms with Gasteiger partial charge in [0.05, 0.1) is 16.8 Å². The van der Waals surface area contributed by atoms with Gasteiger partial charge in [-0.25, -0.2) is 40.3 Å². The maximum Gasteiger partial charge on any atom is 0.338 e. The Bertz CT molecular complexity index is 1600. The molecule has 0 aromatic heterocycles. The zero-order valence-electron chi connectivity index (χ0n) is 20.2. The molecule has 4 aromatic carbocycles. The van der Waals surface area contributed by atoms with Crippen molar-refractivity contribution in [2.45, 2.75) is 6.42 Å². The first-order valence-electron chi connectivity index (χ1n) is 10.8. The summed E-state index contributed by atoms with van der Waals surface area (Å²) in [5.41, 5.74) is 3.91. The van der Waals surface area contributed by atoms with E-state index in [-0.39, 0.29) is 34.6 Å². The molecule has 14 heteroatoms. The standard InChI is InChI=1S/C14H8F3IO2.C7H3F3O2.C6H5FIN/c15-11-4-3-9(14(19)20)10(13(11)17)5-7-1-2-8(18)6-12(7)16;8-4-2-1-3(7(11)12)5(9)6(4)10;7-5-3-4(8)1-2-6(5)9/h1-4,6H,5H2,(H,19,20);1-2H,(H,11,12);1-3H,9H2. The van der Waals surface area contributed by atoms with E-state index in [0.717, 1.165) is 15.7 Å². The molecule has 216 valence electrons. The highest BCUT2D eigenvalue weighted by Crippen LogP contribution is 2.23. The highest BCUT2D eigenvalue weighted by Gasteiger charge is 2.20. The Morgan fingerprint density at radius 1 is 0.610 bits per heavy atom. The summed E-state index contributed by atoms with van der Waals surface area (Å²) < 4.78 is 91.8. The van der Waals surface area contributed by atoms with Gasteiger partial charge in [0.15, 0.2) is 29.1 Å². The zero-order chi connectivity index (χ0) is 31.0. The molecule has 0 aliphatic carbocycles. The molecule has 0 aliphatic heterocycles. The summed E-state index contributed by atoms with van der Waals surface area (Å²) in [5.74, 6) is -11.2. The number of carboxylic acid groups (broad SMARTS) is 2. The number of rotatable bonds is 4. The summed E-state index contributed by atoms with van der Waals surface area (Å²) in [6.45, 7) is 0. The van der Waals surface area contributed by atoms with Gasteiger partial charge in [0.2, 0.25) is 0 Å². The molecule has 0 amide bonds. The summed E-state index contributed by atoms with van der Waals surface area (Å²) in [7, 11) is 0. The van der Waals surface area contributed by atoms with Gasteiger partial charge in [-0.2, -0.15) is 0 Å². The van der Waals surface area contributed by atoms with Gasteiger partial charge in [-0.05, 0) is 105 Å². The van der Waals surface area contributed by atoms with E-state index >= 15 is 0 Å². The third kappa shape index (κ3) is 9.31. The average Bonchev–Trinajstić information content (AvgIpc) is 2.89. The largest absolute Gasteiger partial charge is 0.478 e. The van der Waals surface area contributed by atoms with Crippen LogP contribution in [0.25, 0.3) is 0 Å². The number of anilines is 1. The molecule has 0 radical (unpaired) electrons. The monoisotopic (exact) mass is 805 g/mol. The number of hydrogen-bond acceptors (Lipinski definition) is 3. The van der Waals surface area contributed by atoms with Crippen molar-refractivity contribution in [1.82, 2.24) is 0 Å². The smallest absolute Gasteiger partial charge is 0.338 e. The predicted octanol–water partition coefficient (Wildman–Crippen LogP) is 7.81. The van der Waals surface area contributed by atoms with Crippen LogP contribution >= 0.6 is 45.2 Å². The van der Waals surface area contributed by atoms with Crippen molar-refractivity contribution < 1.29 is 50.5 Å². The van der Waals surface area contributed by atoms with Crippen molar-refractivity contribution in [1.29, 1.82) is 0 Å². The normalized spacial score (nSPS) is 10.2. The Labute approximate surface area is 255 Å². The van der Waals surface area contributed by atoms with Gasteiger partial charge in [-0.15, -0.1) is 0 Å². The lowest BCUT2D eigenvalue weighted by molar-refractivity contribution is 0.0681. The van der Waals surface area contributed by atoms with E-state index in [0.29, 0.717) is 15.7 Å². The Morgan fingerprint density at radius 3 is 1.59 bits per heavy atom. The number of aromatic carboxylic acids is 2. The van der Waals surface area contributed by atoms with Gasteiger partial charge in [0.25, 0.3) is 0 Å². The van der Waals surface area contributed by atoms with Gasteiger partial charge in [0, 0.05) is 19.1 Å². The quantitative estimate of drug-likeness (QED) is 0.0847. The number of nitrogens with two attached hydrogens (primary N) is 1. The predicted molar refractivity (Wildman–Crippen MR) is 152 cm³/mol. The summed E-state index contributed by atoms with van der Waals surface area (Å²) in [4.78, 5) is 21.2. The molecule has 4 rings (SSSR count). The summed E-state index contributed by atoms with van der Waals surface area (Å²) in [6, 6.07) is 11.9. The summed E-state index contributed by atoms with van der Waals surface area (Å²) >= 11 is 3.94. The van der Waals surface area contributed by atoms with E-state index in [1.165, 1.54) is 18.2 Å². The molecule has 4 N–H and O–H groups in total. The van der Waals surface area contributed by atoms with Crippen molar-refractivity contribution >= 4 is 62.8 Å². The molecule has 0 unspecified atom stereocenters. The molecule has 41 heavy (non-hydrogen) atoms. The molecular weight excluding hydrogens is 789 g/mol. The van der Waals surface area contributed by atoms with Crippen LogP contribution in [0.4, 0.5) is 36.4 Å². The second-order valence-electron chi connectivity index (χ2n) is 7.80. The third-order valence-corrected chi connectivity index (χ3v) is 6.38. The van der Waals surface area contributed by atoms with E-state index in [1.54, 1.807) is 18.2 Å². The van der Waals surface area contributed by atoms with E-state index in [4.69, 9.17) is 15.9 Å². The summed E-state index contributed by atoms with van der Waals surface area (Å²) in [5, 5.41) is 17.2. The molecule has 0 fully saturated rings. The van der Waals surface area contributed by atoms with E-state index in [1.807, 2.05) is 45.2 Å². The highest BCUT2D eigenvalue weighted by molar-refractivity contribution is 14.1. The molecule has 0 aliphatic rings. The van der Waals surface area contributed by atoms with E-state index < -0.39 is 52.4 Å². The van der Waals surface area contributed by atoms with Crippen LogP contribution in [-0.4, -0.2) is 22.2 Å². The number of hydrogen-bond donors (Lipinski definition) is 3. The third-order valence-electron chi connectivity index (χ3n) is 5.04. The first-order valence-corrected chi connectivity index (χ1v) is 13.0. The van der Waals surface area contributed by atoms with Crippen molar-refractivity contribution in [3.05, 3.63) is 131 Å². The Morgan fingerprint density at radius 2 is 1.10 bits per heavy atom. The van der Waals surface area contributed by atoms with Crippen molar-refractivity contribution in [3.8, 4) is 0 Å². The van der Waals surface area contributed by atoms with Gasteiger partial charge in [0.1, 0.15) is 11.6 Å². The van der Waals surface area contributed by atoms with Crippen LogP contribution in [0.2, 0.25) is 0 Å². The van der Waals surface area contributed by atoms with Crippen molar-refractivity contribution in [2.75, 3.05) is 5.73 Å². The topological polar surface area (TPSA) is 101 Å². The molecule has 0 bridgehead atoms. The van der Waals surface area contributed by atoms with Crippen LogP contribution in [0.3, 0.4) is 0 Å². The number of nitrogen functional groups attached to an aromatic ring is 1. The van der Waals surface area contributed by atoms with Crippen LogP contribution in [0, 0.1) is 47.9 Å². The molecule has 5 nitrogen and oxygen atoms in total. The Balaban J connectivity index is 0.000000237. The fraction of sp³-hybridized carbons (Fsp3) is 0.0370. The second kappa shape index (κ2) is 15.0. The fourth-order valence-electron chi connectivity index (χ4n) is 3.01. The average molecular weight is 805 g/mol. The number of carbonyl (C=O) groups is 2. The zero-order valence-corrected chi connectivity index (χ0v) is 24.5. The minimum Gasteiger partial charge on any atom is -0.478 e. The van der Waals surface area contributed by atoms with Gasteiger partial charge in [-0.3, -0.25) is 0 Å². The fourth-order valence-corrected chi connectivity index (χ4v) is 3.92. The van der Waals surface area contributed by atoms with Crippen LogP contribution in [-0.2, 0) is 6.42 Å². The Kier molecular flexibility index (Phi) is 12.4. The Hall–Kier alpha value is -3.41. The lowest BCUT2D eigenvalue weighted by atomic mass is 9.98. The maximum absolute atomic E-state index is 13.8. The molecule has 0 saturated heterocycles. The lowest BCUT2D eigenvalue weighted by Crippen LogP contribution is -2.08. The van der Waals surface area contributed by atoms with Crippen LogP contribution in [0.1, 0.15) is 31.8 Å². The first-order chi connectivity index (χ1) is 19.1. The molecule has 0 spiro atoms. The number of benzene rings is 4. The van der Waals surface area contributed by atoms with Crippen LogP contribution < -0.4 is 5.73 Å². The SMILES string of the molecule is Nc1ccc(I)cc1F.O=C(O)c1ccc(F)c(F)c1Cc1ccc(I)cc1F.O=C(O)c1ccc(F)c(F)c1F. The van der Waals surface area contributed by atoms with E-state index in [9.17, 15) is 40.3 Å². The molecule has 4 aromatic rings. The van der Waals surface area contributed by atoms with Gasteiger partial charge >= 0.3 is 11.9 Å². The van der Waals surface area contributed by atoms with E-state index in [2.05, 4.69) is 0 Å². The first kappa shape index (κ1) is 33.8. The maximum atomic E-state index is 13.8. The van der Waals surface area contributed by atoms with Crippen LogP contribution in [0.15, 0.2) is 60.7 Å². The minimum absolute atomic E-state index is 0.109. The summed E-state index contributed by atoms with van der Waals surface area (Å²) in [6.07, 6.45) is -0.325. The molecule has 0 saturated carbocycles. The van der Waals surface area contributed by atoms with Gasteiger partial charge in [-0.1, -0.05) is 6.07 Å². The number of carboxylic acids is 2. The highest BCUT2D eigenvalue weighted by atomic mass is 127. The van der Waals surface area contributed by atoms with Crippen LogP contribution in [0.5, 0.6) is 0 Å². The molecule has 0 heterocycles. The number of halogens is 9. The second-order valence-corrected chi connectivity index (χ2v) is 10.3. The minimum atomic E-state index is -1.77. The molecular formula is C27H16F7I2NO4. The molecule has 0 atom stereocenters. The van der Waals surface area contributed by atoms with Gasteiger partial charge < -0.3 is 15.9 Å².